The van der Waals surface area contributed by atoms with Crippen LogP contribution in [0.3, 0.4) is 0 Å². The number of hydrogen-bond acceptors (Lipinski definition) is 5. The number of aliphatic carboxylic acids is 1. The van der Waals surface area contributed by atoms with Gasteiger partial charge in [-0.05, 0) is 12.8 Å². The van der Waals surface area contributed by atoms with Crippen molar-refractivity contribution in [3.8, 4) is 0 Å². The number of amides is 1. The molecule has 3 N–H and O–H groups in total. The number of furan rings is 1. The Hall–Kier alpha value is -1.87. The zero-order valence-corrected chi connectivity index (χ0v) is 12.4. The molecule has 1 fully saturated rings. The van der Waals surface area contributed by atoms with E-state index in [-0.39, 0.29) is 35.4 Å². The van der Waals surface area contributed by atoms with Crippen molar-refractivity contribution in [1.29, 1.82) is 0 Å². The summed E-state index contributed by atoms with van der Waals surface area (Å²) in [4.78, 5) is 24.4. The van der Waals surface area contributed by atoms with Gasteiger partial charge in [-0.2, -0.15) is 0 Å². The van der Waals surface area contributed by atoms with Gasteiger partial charge in [0, 0.05) is 19.2 Å². The molecule has 9 heteroatoms. The van der Waals surface area contributed by atoms with Gasteiger partial charge >= 0.3 is 5.97 Å². The number of rotatable bonds is 3. The van der Waals surface area contributed by atoms with Crippen LogP contribution in [0.5, 0.6) is 0 Å². The predicted molar refractivity (Wildman–Crippen MR) is 71.0 cm³/mol. The van der Waals surface area contributed by atoms with Crippen LogP contribution < -0.4 is 5.14 Å². The smallest absolute Gasteiger partial charge is 0.308 e. The molecule has 2 heterocycles. The Morgan fingerprint density at radius 3 is 2.48 bits per heavy atom. The molecule has 0 unspecified atom stereocenters. The highest BCUT2D eigenvalue weighted by molar-refractivity contribution is 7.89. The van der Waals surface area contributed by atoms with Crippen LogP contribution in [0.4, 0.5) is 0 Å². The minimum atomic E-state index is -3.96. The van der Waals surface area contributed by atoms with E-state index in [1.807, 2.05) is 0 Å². The van der Waals surface area contributed by atoms with E-state index >= 15 is 0 Å². The molecule has 2 atom stereocenters. The number of hydrogen-bond donors (Lipinski definition) is 2. The van der Waals surface area contributed by atoms with E-state index < -0.39 is 27.8 Å². The predicted octanol–water partition coefficient (Wildman–Crippen LogP) is 0.0281. The van der Waals surface area contributed by atoms with Crippen LogP contribution in [0.25, 0.3) is 0 Å². The summed E-state index contributed by atoms with van der Waals surface area (Å²) in [6.45, 7) is 3.48. The molecule has 0 radical (unpaired) electrons. The van der Waals surface area contributed by atoms with Crippen molar-refractivity contribution < 1.29 is 27.5 Å². The van der Waals surface area contributed by atoms with Crippen LogP contribution in [0.15, 0.2) is 15.4 Å². The van der Waals surface area contributed by atoms with Gasteiger partial charge in [-0.3, -0.25) is 9.59 Å². The number of likely N-dealkylation sites (tertiary alicyclic amines) is 1. The van der Waals surface area contributed by atoms with Crippen LogP contribution in [-0.4, -0.2) is 43.4 Å². The molecule has 0 saturated carbocycles. The summed E-state index contributed by atoms with van der Waals surface area (Å²) in [5, 5.41) is 14.1. The molecular formula is C12H16N2O6S. The molecule has 1 aliphatic rings. The molecule has 116 valence electrons. The van der Waals surface area contributed by atoms with Gasteiger partial charge in [0.25, 0.3) is 5.91 Å². The number of nitrogens with two attached hydrogens (primary N) is 1. The molecule has 0 spiro atoms. The van der Waals surface area contributed by atoms with E-state index in [9.17, 15) is 18.0 Å². The fraction of sp³-hybridized carbons (Fsp3) is 0.500. The van der Waals surface area contributed by atoms with Crippen molar-refractivity contribution in [1.82, 2.24) is 4.90 Å². The van der Waals surface area contributed by atoms with Gasteiger partial charge in [-0.25, -0.2) is 13.6 Å². The van der Waals surface area contributed by atoms with Gasteiger partial charge in [0.1, 0.15) is 10.7 Å². The minimum Gasteiger partial charge on any atom is -0.481 e. The molecule has 1 aromatic rings. The van der Waals surface area contributed by atoms with Crippen molar-refractivity contribution in [2.24, 2.45) is 17.0 Å². The average Bonchev–Trinajstić information content (AvgIpc) is 2.91. The number of carboxylic acids is 1. The molecule has 0 bridgehead atoms. The Morgan fingerprint density at radius 1 is 1.43 bits per heavy atom. The standard InChI is InChI=1S/C12H16N2O6S/c1-6-4-14(5-8(6)12(16)17)11(15)9-3-10(7(2)20-9)21(13,18)19/h3,6,8H,4-5H2,1-2H3,(H,16,17)(H2,13,18,19)/t6-,8-/m1/s1. The molecule has 1 amide bonds. The molecule has 21 heavy (non-hydrogen) atoms. The van der Waals surface area contributed by atoms with E-state index in [0.29, 0.717) is 0 Å². The van der Waals surface area contributed by atoms with Crippen molar-refractivity contribution in [2.75, 3.05) is 13.1 Å². The monoisotopic (exact) mass is 316 g/mol. The van der Waals surface area contributed by atoms with Crippen LogP contribution in [0, 0.1) is 18.8 Å². The van der Waals surface area contributed by atoms with Crippen molar-refractivity contribution in [3.05, 3.63) is 17.6 Å². The normalized spacial score (nSPS) is 22.5. The number of carbonyl (C=O) groups is 2. The summed E-state index contributed by atoms with van der Waals surface area (Å²) in [5.41, 5.74) is 0. The highest BCUT2D eigenvalue weighted by atomic mass is 32.2. The number of aryl methyl sites for hydroxylation is 1. The lowest BCUT2D eigenvalue weighted by Gasteiger charge is -2.13. The number of sulfonamides is 1. The van der Waals surface area contributed by atoms with Gasteiger partial charge in [0.2, 0.25) is 10.0 Å². The summed E-state index contributed by atoms with van der Waals surface area (Å²) >= 11 is 0. The van der Waals surface area contributed by atoms with Crippen LogP contribution >= 0.6 is 0 Å². The van der Waals surface area contributed by atoms with E-state index in [0.717, 1.165) is 6.07 Å². The Bertz CT molecular complexity index is 693. The molecule has 1 aliphatic heterocycles. The Kier molecular flexibility index (Phi) is 3.81. The summed E-state index contributed by atoms with van der Waals surface area (Å²) in [6.07, 6.45) is 0. The van der Waals surface area contributed by atoms with Crippen molar-refractivity contribution in [2.45, 2.75) is 18.7 Å². The van der Waals surface area contributed by atoms with Gasteiger partial charge in [-0.15, -0.1) is 0 Å². The third-order valence-electron chi connectivity index (χ3n) is 3.61. The Balaban J connectivity index is 2.25. The van der Waals surface area contributed by atoms with Crippen LogP contribution in [-0.2, 0) is 14.8 Å². The maximum absolute atomic E-state index is 12.3. The topological polar surface area (TPSA) is 131 Å². The second kappa shape index (κ2) is 5.15. The summed E-state index contributed by atoms with van der Waals surface area (Å²) < 4.78 is 27.8. The second-order valence-corrected chi connectivity index (χ2v) is 6.74. The minimum absolute atomic E-state index is 0.0304. The lowest BCUT2D eigenvalue weighted by atomic mass is 9.99. The number of carboxylic acid groups (broad SMARTS) is 1. The third kappa shape index (κ3) is 2.93. The van der Waals surface area contributed by atoms with Crippen molar-refractivity contribution >= 4 is 21.9 Å². The van der Waals surface area contributed by atoms with E-state index in [4.69, 9.17) is 14.7 Å². The third-order valence-corrected chi connectivity index (χ3v) is 4.62. The zero-order chi connectivity index (χ0) is 15.9. The number of primary sulfonamides is 1. The second-order valence-electron chi connectivity index (χ2n) is 5.21. The maximum atomic E-state index is 12.3. The molecule has 1 saturated heterocycles. The first-order chi connectivity index (χ1) is 9.61. The first-order valence-electron chi connectivity index (χ1n) is 6.26. The Morgan fingerprint density at radius 2 is 2.05 bits per heavy atom. The zero-order valence-electron chi connectivity index (χ0n) is 11.6. The quantitative estimate of drug-likeness (QED) is 0.808. The molecule has 2 rings (SSSR count). The molecule has 1 aromatic heterocycles. The fourth-order valence-electron chi connectivity index (χ4n) is 2.46. The molecular weight excluding hydrogens is 300 g/mol. The summed E-state index contributed by atoms with van der Waals surface area (Å²) in [7, 11) is -3.96. The maximum Gasteiger partial charge on any atom is 0.308 e. The first kappa shape index (κ1) is 15.5. The largest absolute Gasteiger partial charge is 0.481 e. The first-order valence-corrected chi connectivity index (χ1v) is 7.81. The summed E-state index contributed by atoms with van der Waals surface area (Å²) in [6, 6.07) is 1.08. The summed E-state index contributed by atoms with van der Waals surface area (Å²) in [5.74, 6) is -2.44. The van der Waals surface area contributed by atoms with E-state index in [1.165, 1.54) is 11.8 Å². The van der Waals surface area contributed by atoms with E-state index in [2.05, 4.69) is 0 Å². The SMILES string of the molecule is Cc1oc(C(=O)N2C[C@@H](C)[C@H](C(=O)O)C2)cc1S(N)(=O)=O. The van der Waals surface area contributed by atoms with Gasteiger partial charge in [-0.1, -0.05) is 6.92 Å². The van der Waals surface area contributed by atoms with Gasteiger partial charge in [0.15, 0.2) is 5.76 Å². The van der Waals surface area contributed by atoms with E-state index in [1.54, 1.807) is 6.92 Å². The highest BCUT2D eigenvalue weighted by Gasteiger charge is 2.38. The number of nitrogens with zero attached hydrogens (tertiary/aromatic N) is 1. The lowest BCUT2D eigenvalue weighted by Crippen LogP contribution is -2.29. The van der Waals surface area contributed by atoms with Crippen molar-refractivity contribution in [3.63, 3.8) is 0 Å². The fourth-order valence-corrected chi connectivity index (χ4v) is 3.18. The van der Waals surface area contributed by atoms with Gasteiger partial charge in [0.05, 0.1) is 5.92 Å². The molecule has 0 aliphatic carbocycles. The molecule has 0 aromatic carbocycles. The highest BCUT2D eigenvalue weighted by Crippen LogP contribution is 2.26. The number of carbonyl (C=O) groups excluding carboxylic acids is 1. The van der Waals surface area contributed by atoms with Crippen LogP contribution in [0.2, 0.25) is 0 Å². The van der Waals surface area contributed by atoms with Crippen LogP contribution in [0.1, 0.15) is 23.2 Å². The lowest BCUT2D eigenvalue weighted by molar-refractivity contribution is -0.142. The van der Waals surface area contributed by atoms with Gasteiger partial charge < -0.3 is 14.4 Å². The average molecular weight is 316 g/mol. The molecule has 8 nitrogen and oxygen atoms in total. The Labute approximate surface area is 121 Å².